The lowest BCUT2D eigenvalue weighted by Crippen LogP contribution is -2.22. The quantitative estimate of drug-likeness (QED) is 0.253. The summed E-state index contributed by atoms with van der Waals surface area (Å²) in [5, 5.41) is 0. The number of para-hydroxylation sites is 3. The maximum atomic E-state index is 13.0. The van der Waals surface area contributed by atoms with Crippen LogP contribution in [0.3, 0.4) is 0 Å². The molecule has 164 valence electrons. The number of aromatic nitrogens is 2. The van der Waals surface area contributed by atoms with Crippen molar-refractivity contribution in [1.29, 1.82) is 0 Å². The molecule has 0 bridgehead atoms. The van der Waals surface area contributed by atoms with Crippen LogP contribution in [0, 0.1) is 0 Å². The second kappa shape index (κ2) is 9.30. The van der Waals surface area contributed by atoms with Crippen molar-refractivity contribution >= 4 is 33.4 Å². The van der Waals surface area contributed by atoms with E-state index >= 15 is 0 Å². The predicted octanol–water partition coefficient (Wildman–Crippen LogP) is 4.64. The van der Waals surface area contributed by atoms with Crippen LogP contribution in [0.15, 0.2) is 90.2 Å². The Morgan fingerprint density at radius 1 is 0.970 bits per heavy atom. The van der Waals surface area contributed by atoms with Gasteiger partial charge in [-0.2, -0.15) is 0 Å². The summed E-state index contributed by atoms with van der Waals surface area (Å²) in [7, 11) is 0. The number of hydrogen-bond acceptors (Lipinski definition) is 5. The van der Waals surface area contributed by atoms with Crippen LogP contribution in [0.4, 0.5) is 0 Å². The van der Waals surface area contributed by atoms with Crippen molar-refractivity contribution in [3.05, 3.63) is 111 Å². The van der Waals surface area contributed by atoms with E-state index in [1.54, 1.807) is 4.40 Å². The highest BCUT2D eigenvalue weighted by Crippen LogP contribution is 2.19. The van der Waals surface area contributed by atoms with Crippen LogP contribution in [0.5, 0.6) is 11.5 Å². The van der Waals surface area contributed by atoms with E-state index in [-0.39, 0.29) is 5.56 Å². The van der Waals surface area contributed by atoms with E-state index in [9.17, 15) is 4.79 Å². The van der Waals surface area contributed by atoms with Gasteiger partial charge in [0.2, 0.25) is 0 Å². The van der Waals surface area contributed by atoms with Gasteiger partial charge in [-0.05, 0) is 54.0 Å². The van der Waals surface area contributed by atoms with E-state index in [4.69, 9.17) is 9.47 Å². The third-order valence-electron chi connectivity index (χ3n) is 5.25. The molecule has 33 heavy (non-hydrogen) atoms. The molecule has 6 heteroatoms. The first-order chi connectivity index (χ1) is 16.2. The molecule has 5 nitrogen and oxygen atoms in total. The summed E-state index contributed by atoms with van der Waals surface area (Å²) in [6.45, 7) is 4.64. The zero-order valence-electron chi connectivity index (χ0n) is 17.9. The molecule has 0 spiro atoms. The second-order valence-corrected chi connectivity index (χ2v) is 8.51. The first-order valence-electron chi connectivity index (χ1n) is 10.7. The van der Waals surface area contributed by atoms with E-state index in [0.29, 0.717) is 22.7 Å². The number of allylic oxidation sites excluding steroid dienone is 1. The summed E-state index contributed by atoms with van der Waals surface area (Å²) in [5.74, 6) is 1.58. The Labute approximate surface area is 194 Å². The Kier molecular flexibility index (Phi) is 5.91. The molecule has 0 aliphatic carbocycles. The van der Waals surface area contributed by atoms with E-state index in [0.717, 1.165) is 40.1 Å². The average molecular weight is 455 g/mol. The summed E-state index contributed by atoms with van der Waals surface area (Å²) in [4.78, 5) is 18.2. The van der Waals surface area contributed by atoms with Crippen LogP contribution in [-0.4, -0.2) is 22.6 Å². The molecular formula is C27H22N2O3S. The van der Waals surface area contributed by atoms with Gasteiger partial charge in [0.15, 0.2) is 4.96 Å². The van der Waals surface area contributed by atoms with Crippen LogP contribution in [0.25, 0.3) is 22.1 Å². The smallest absolute Gasteiger partial charge is 0.274 e. The van der Waals surface area contributed by atoms with Crippen LogP contribution >= 0.6 is 11.3 Å². The van der Waals surface area contributed by atoms with Gasteiger partial charge in [0.25, 0.3) is 5.56 Å². The SMILES string of the molecule is C=CCc1ccccc1OCCOc1cccc(/C=c2\sc3nc4ccccc4n3c2=O)c1. The molecule has 0 amide bonds. The monoisotopic (exact) mass is 454 g/mol. The normalized spacial score (nSPS) is 11.8. The second-order valence-electron chi connectivity index (χ2n) is 7.50. The molecule has 3 aromatic carbocycles. The largest absolute Gasteiger partial charge is 0.490 e. The van der Waals surface area contributed by atoms with Crippen molar-refractivity contribution in [1.82, 2.24) is 9.38 Å². The number of ether oxygens (including phenoxy) is 2. The fourth-order valence-corrected chi connectivity index (χ4v) is 4.72. The van der Waals surface area contributed by atoms with Crippen molar-refractivity contribution in [2.75, 3.05) is 13.2 Å². The number of rotatable bonds is 8. The Bertz CT molecular complexity index is 1550. The summed E-state index contributed by atoms with van der Waals surface area (Å²) in [5.41, 5.74) is 3.61. The number of imidazole rings is 1. The molecule has 2 heterocycles. The van der Waals surface area contributed by atoms with E-state index < -0.39 is 0 Å². The number of hydrogen-bond donors (Lipinski definition) is 0. The van der Waals surface area contributed by atoms with Gasteiger partial charge >= 0.3 is 0 Å². The van der Waals surface area contributed by atoms with E-state index in [2.05, 4.69) is 11.6 Å². The van der Waals surface area contributed by atoms with Crippen LogP contribution in [0.1, 0.15) is 11.1 Å². The van der Waals surface area contributed by atoms with Crippen LogP contribution in [-0.2, 0) is 6.42 Å². The molecule has 0 radical (unpaired) electrons. The molecule has 0 N–H and O–H groups in total. The molecule has 0 saturated carbocycles. The molecule has 2 aromatic heterocycles. The van der Waals surface area contributed by atoms with Crippen LogP contribution < -0.4 is 19.6 Å². The topological polar surface area (TPSA) is 52.8 Å². The van der Waals surface area contributed by atoms with Gasteiger partial charge in [-0.1, -0.05) is 59.9 Å². The van der Waals surface area contributed by atoms with Crippen molar-refractivity contribution in [3.8, 4) is 11.5 Å². The summed E-state index contributed by atoms with van der Waals surface area (Å²) in [6, 6.07) is 23.3. The first-order valence-corrected chi connectivity index (χ1v) is 11.5. The zero-order chi connectivity index (χ0) is 22.6. The van der Waals surface area contributed by atoms with Gasteiger partial charge in [0.1, 0.15) is 24.7 Å². The van der Waals surface area contributed by atoms with Crippen molar-refractivity contribution < 1.29 is 9.47 Å². The highest BCUT2D eigenvalue weighted by molar-refractivity contribution is 7.15. The summed E-state index contributed by atoms with van der Waals surface area (Å²) >= 11 is 1.39. The minimum Gasteiger partial charge on any atom is -0.490 e. The molecule has 0 fully saturated rings. The number of benzene rings is 3. The van der Waals surface area contributed by atoms with Gasteiger partial charge in [-0.25, -0.2) is 9.38 Å². The third-order valence-corrected chi connectivity index (χ3v) is 6.22. The third kappa shape index (κ3) is 4.38. The van der Waals surface area contributed by atoms with Gasteiger partial charge in [-0.15, -0.1) is 6.58 Å². The molecular weight excluding hydrogens is 432 g/mol. The number of nitrogens with zero attached hydrogens (tertiary/aromatic N) is 2. The highest BCUT2D eigenvalue weighted by atomic mass is 32.1. The highest BCUT2D eigenvalue weighted by Gasteiger charge is 2.10. The van der Waals surface area contributed by atoms with Gasteiger partial charge in [-0.3, -0.25) is 4.79 Å². The van der Waals surface area contributed by atoms with E-state index in [1.165, 1.54) is 11.3 Å². The zero-order valence-corrected chi connectivity index (χ0v) is 18.8. The number of thiazole rings is 1. The minimum atomic E-state index is -0.0541. The summed E-state index contributed by atoms with van der Waals surface area (Å²) in [6.07, 6.45) is 4.51. The Morgan fingerprint density at radius 3 is 2.70 bits per heavy atom. The maximum Gasteiger partial charge on any atom is 0.274 e. The fraction of sp³-hybridized carbons (Fsp3) is 0.111. The first kappa shape index (κ1) is 21.0. The molecule has 5 aromatic rings. The summed E-state index contributed by atoms with van der Waals surface area (Å²) < 4.78 is 14.1. The maximum absolute atomic E-state index is 13.0. The lowest BCUT2D eigenvalue weighted by Gasteiger charge is -2.11. The van der Waals surface area contributed by atoms with Crippen LogP contribution in [0.2, 0.25) is 0 Å². The molecule has 0 unspecified atom stereocenters. The van der Waals surface area contributed by atoms with E-state index in [1.807, 2.05) is 84.9 Å². The standard InChI is InChI=1S/C27H22N2O3S/c1-2-8-20-10-3-6-14-24(20)32-16-15-31-21-11-7-9-19(17-21)18-25-26(30)29-23-13-5-4-12-22(23)28-27(29)33-25/h2-7,9-14,17-18H,1,8,15-16H2/b25-18-. The predicted molar refractivity (Wildman–Crippen MR) is 133 cm³/mol. The minimum absolute atomic E-state index is 0.0541. The van der Waals surface area contributed by atoms with Gasteiger partial charge < -0.3 is 9.47 Å². The van der Waals surface area contributed by atoms with Crippen molar-refractivity contribution in [2.24, 2.45) is 0 Å². The lowest BCUT2D eigenvalue weighted by molar-refractivity contribution is 0.216. The Balaban J connectivity index is 1.30. The lowest BCUT2D eigenvalue weighted by atomic mass is 10.1. The molecule has 0 aliphatic rings. The Hall–Kier alpha value is -3.90. The molecule has 5 rings (SSSR count). The van der Waals surface area contributed by atoms with Crippen molar-refractivity contribution in [3.63, 3.8) is 0 Å². The van der Waals surface area contributed by atoms with Gasteiger partial charge in [0, 0.05) is 0 Å². The Morgan fingerprint density at radius 2 is 1.79 bits per heavy atom. The molecule has 0 saturated heterocycles. The molecule has 0 aliphatic heterocycles. The van der Waals surface area contributed by atoms with Crippen molar-refractivity contribution in [2.45, 2.75) is 6.42 Å². The fourth-order valence-electron chi connectivity index (χ4n) is 3.74. The number of fused-ring (bicyclic) bond motifs is 3. The average Bonchev–Trinajstić information content (AvgIpc) is 3.34. The molecule has 0 atom stereocenters. The van der Waals surface area contributed by atoms with Gasteiger partial charge in [0.05, 0.1) is 15.6 Å².